The van der Waals surface area contributed by atoms with Crippen molar-refractivity contribution in [2.24, 2.45) is 0 Å². The molecule has 1 fully saturated rings. The summed E-state index contributed by atoms with van der Waals surface area (Å²) in [5.74, 6) is -0.588. The third kappa shape index (κ3) is 4.46. The zero-order valence-electron chi connectivity index (χ0n) is 13.5. The van der Waals surface area contributed by atoms with Gasteiger partial charge in [-0.1, -0.05) is 0 Å². The third-order valence-electron chi connectivity index (χ3n) is 4.39. The number of aliphatic hydroxyl groups excluding tert-OH is 1. The van der Waals surface area contributed by atoms with Crippen molar-refractivity contribution < 1.29 is 14.3 Å². The molecule has 1 heterocycles. The molecular formula is C18H19FIN3O2. The first-order valence-electron chi connectivity index (χ1n) is 8.15. The third-order valence-corrected chi connectivity index (χ3v) is 5.06. The smallest absolute Gasteiger partial charge is 0.251 e. The molecule has 7 heteroatoms. The quantitative estimate of drug-likeness (QED) is 0.620. The Hall–Kier alpha value is -1.74. The average Bonchev–Trinajstić information content (AvgIpc) is 2.61. The topological polar surface area (TPSA) is 74.2 Å². The van der Waals surface area contributed by atoms with Gasteiger partial charge in [0.25, 0.3) is 5.91 Å². The Morgan fingerprint density at radius 2 is 1.92 bits per heavy atom. The first kappa shape index (κ1) is 18.1. The number of carbonyl (C=O) groups is 1. The standard InChI is InChI=1S/C18H19FIN3O2/c19-13-10-12(20)4-5-14(13)22-15-2-1-3-16(17(15)24)23-18(25)11-6-8-21-9-7-11/h4-10,15-17,22,24H,1-3H2,(H,23,25). The molecule has 3 unspecified atom stereocenters. The van der Waals surface area contributed by atoms with Crippen LogP contribution in [0, 0.1) is 9.39 Å². The highest BCUT2D eigenvalue weighted by Crippen LogP contribution is 2.25. The largest absolute Gasteiger partial charge is 0.389 e. The second kappa shape index (κ2) is 8.09. The van der Waals surface area contributed by atoms with Crippen LogP contribution in [-0.2, 0) is 0 Å². The van der Waals surface area contributed by atoms with Gasteiger partial charge in [0.15, 0.2) is 0 Å². The number of nitrogens with one attached hydrogen (secondary N) is 2. The summed E-state index contributed by atoms with van der Waals surface area (Å²) in [7, 11) is 0. The van der Waals surface area contributed by atoms with Crippen molar-refractivity contribution in [2.75, 3.05) is 5.32 Å². The van der Waals surface area contributed by atoms with Crippen molar-refractivity contribution in [3.8, 4) is 0 Å². The highest BCUT2D eigenvalue weighted by atomic mass is 127. The SMILES string of the molecule is O=C(NC1CCCC(Nc2ccc(I)cc2F)C1O)c1ccncc1. The molecule has 0 aliphatic heterocycles. The molecule has 25 heavy (non-hydrogen) atoms. The minimum atomic E-state index is -0.793. The van der Waals surface area contributed by atoms with Gasteiger partial charge in [0.05, 0.1) is 23.9 Å². The second-order valence-electron chi connectivity index (χ2n) is 6.11. The van der Waals surface area contributed by atoms with E-state index in [0.717, 1.165) is 9.99 Å². The van der Waals surface area contributed by atoms with Crippen molar-refractivity contribution in [1.82, 2.24) is 10.3 Å². The van der Waals surface area contributed by atoms with Crippen LogP contribution in [0.25, 0.3) is 0 Å². The van der Waals surface area contributed by atoms with Gasteiger partial charge in [-0.15, -0.1) is 0 Å². The molecule has 0 saturated heterocycles. The number of rotatable bonds is 4. The maximum Gasteiger partial charge on any atom is 0.251 e. The summed E-state index contributed by atoms with van der Waals surface area (Å²) in [4.78, 5) is 16.2. The van der Waals surface area contributed by atoms with Crippen LogP contribution >= 0.6 is 22.6 Å². The Labute approximate surface area is 159 Å². The van der Waals surface area contributed by atoms with E-state index in [1.165, 1.54) is 6.07 Å². The normalized spacial score (nSPS) is 23.1. The van der Waals surface area contributed by atoms with E-state index in [9.17, 15) is 14.3 Å². The van der Waals surface area contributed by atoms with E-state index in [0.29, 0.717) is 24.1 Å². The molecule has 1 aromatic carbocycles. The van der Waals surface area contributed by atoms with E-state index in [1.54, 1.807) is 30.6 Å². The maximum absolute atomic E-state index is 14.0. The predicted octanol–water partition coefficient (Wildman–Crippen LogP) is 2.95. The van der Waals surface area contributed by atoms with Crippen molar-refractivity contribution in [3.05, 3.63) is 57.7 Å². The Kier molecular flexibility index (Phi) is 5.85. The number of amides is 1. The van der Waals surface area contributed by atoms with E-state index < -0.39 is 6.10 Å². The zero-order chi connectivity index (χ0) is 17.8. The second-order valence-corrected chi connectivity index (χ2v) is 7.36. The molecule has 3 atom stereocenters. The zero-order valence-corrected chi connectivity index (χ0v) is 15.6. The molecule has 1 amide bonds. The first-order chi connectivity index (χ1) is 12.0. The number of anilines is 1. The van der Waals surface area contributed by atoms with E-state index in [4.69, 9.17) is 0 Å². The molecular weight excluding hydrogens is 436 g/mol. The Bertz CT molecular complexity index is 744. The summed E-state index contributed by atoms with van der Waals surface area (Å²) in [6.45, 7) is 0. The van der Waals surface area contributed by atoms with Gasteiger partial charge in [-0.05, 0) is 72.2 Å². The molecule has 1 saturated carbocycles. The van der Waals surface area contributed by atoms with Gasteiger partial charge in [0.2, 0.25) is 0 Å². The lowest BCUT2D eigenvalue weighted by molar-refractivity contribution is 0.0657. The van der Waals surface area contributed by atoms with Crippen LogP contribution in [0.4, 0.5) is 10.1 Å². The molecule has 0 bridgehead atoms. The Balaban J connectivity index is 1.66. The van der Waals surface area contributed by atoms with Crippen LogP contribution in [0.5, 0.6) is 0 Å². The number of aliphatic hydroxyl groups is 1. The summed E-state index contributed by atoms with van der Waals surface area (Å²) in [5.41, 5.74) is 0.867. The van der Waals surface area contributed by atoms with E-state index in [2.05, 4.69) is 15.6 Å². The Morgan fingerprint density at radius 1 is 1.20 bits per heavy atom. The molecule has 1 aromatic heterocycles. The van der Waals surface area contributed by atoms with Crippen LogP contribution < -0.4 is 10.6 Å². The van der Waals surface area contributed by atoms with Crippen LogP contribution in [0.3, 0.4) is 0 Å². The first-order valence-corrected chi connectivity index (χ1v) is 9.23. The predicted molar refractivity (Wildman–Crippen MR) is 102 cm³/mol. The number of hydrogen-bond donors (Lipinski definition) is 3. The van der Waals surface area contributed by atoms with E-state index in [1.807, 2.05) is 28.7 Å². The van der Waals surface area contributed by atoms with Crippen LogP contribution in [0.1, 0.15) is 29.6 Å². The van der Waals surface area contributed by atoms with Crippen LogP contribution in [-0.4, -0.2) is 34.2 Å². The Morgan fingerprint density at radius 3 is 2.64 bits per heavy atom. The average molecular weight is 455 g/mol. The summed E-state index contributed by atoms with van der Waals surface area (Å²) in [6, 6.07) is 7.49. The van der Waals surface area contributed by atoms with E-state index in [-0.39, 0.29) is 23.8 Å². The van der Waals surface area contributed by atoms with Gasteiger partial charge in [-0.3, -0.25) is 9.78 Å². The lowest BCUT2D eigenvalue weighted by atomic mass is 9.87. The minimum absolute atomic E-state index is 0.243. The molecule has 3 N–H and O–H groups in total. The van der Waals surface area contributed by atoms with E-state index >= 15 is 0 Å². The molecule has 0 radical (unpaired) electrons. The summed E-state index contributed by atoms with van der Waals surface area (Å²) < 4.78 is 14.8. The summed E-state index contributed by atoms with van der Waals surface area (Å²) >= 11 is 2.05. The van der Waals surface area contributed by atoms with Crippen molar-refractivity contribution in [1.29, 1.82) is 0 Å². The molecule has 5 nitrogen and oxygen atoms in total. The number of benzene rings is 1. The maximum atomic E-state index is 14.0. The van der Waals surface area contributed by atoms with Gasteiger partial charge in [-0.25, -0.2) is 4.39 Å². The monoisotopic (exact) mass is 455 g/mol. The van der Waals surface area contributed by atoms with Gasteiger partial charge in [-0.2, -0.15) is 0 Å². The molecule has 1 aliphatic rings. The van der Waals surface area contributed by atoms with Gasteiger partial charge >= 0.3 is 0 Å². The van der Waals surface area contributed by atoms with Crippen LogP contribution in [0.2, 0.25) is 0 Å². The fraction of sp³-hybridized carbons (Fsp3) is 0.333. The lowest BCUT2D eigenvalue weighted by Crippen LogP contribution is -2.53. The molecule has 1 aliphatic carbocycles. The number of carbonyl (C=O) groups excluding carboxylic acids is 1. The van der Waals surface area contributed by atoms with Gasteiger partial charge in [0, 0.05) is 21.5 Å². The van der Waals surface area contributed by atoms with Crippen molar-refractivity contribution >= 4 is 34.2 Å². The van der Waals surface area contributed by atoms with Crippen molar-refractivity contribution in [3.63, 3.8) is 0 Å². The summed E-state index contributed by atoms with van der Waals surface area (Å²) in [6.07, 6.45) is 4.55. The fourth-order valence-corrected chi connectivity index (χ4v) is 3.51. The van der Waals surface area contributed by atoms with Gasteiger partial charge in [0.1, 0.15) is 5.82 Å². The number of halogens is 2. The highest BCUT2D eigenvalue weighted by molar-refractivity contribution is 14.1. The number of hydrogen-bond acceptors (Lipinski definition) is 4. The molecule has 0 spiro atoms. The molecule has 132 valence electrons. The van der Waals surface area contributed by atoms with Gasteiger partial charge < -0.3 is 15.7 Å². The molecule has 2 aromatic rings. The number of aromatic nitrogens is 1. The number of pyridine rings is 1. The van der Waals surface area contributed by atoms with Crippen molar-refractivity contribution in [2.45, 2.75) is 37.5 Å². The minimum Gasteiger partial charge on any atom is -0.389 e. The highest BCUT2D eigenvalue weighted by Gasteiger charge is 2.33. The number of nitrogens with zero attached hydrogens (tertiary/aromatic N) is 1. The lowest BCUT2D eigenvalue weighted by Gasteiger charge is -2.36. The van der Waals surface area contributed by atoms with Crippen LogP contribution in [0.15, 0.2) is 42.7 Å². The summed E-state index contributed by atoms with van der Waals surface area (Å²) in [5, 5.41) is 16.6. The fourth-order valence-electron chi connectivity index (χ4n) is 3.06. The molecule has 3 rings (SSSR count).